The van der Waals surface area contributed by atoms with Crippen molar-refractivity contribution < 1.29 is 24.4 Å². The number of nitrogens with one attached hydrogen (secondary N) is 1. The Morgan fingerprint density at radius 3 is 2.39 bits per heavy atom. The Morgan fingerprint density at radius 1 is 0.974 bits per heavy atom. The lowest BCUT2D eigenvalue weighted by Crippen LogP contribution is -2.29. The van der Waals surface area contributed by atoms with Crippen molar-refractivity contribution in [1.82, 2.24) is 4.90 Å². The van der Waals surface area contributed by atoms with Crippen LogP contribution in [0.1, 0.15) is 33.9 Å². The van der Waals surface area contributed by atoms with E-state index in [2.05, 4.69) is 20.9 Å². The summed E-state index contributed by atoms with van der Waals surface area (Å²) in [5.41, 5.74) is 3.53. The van der Waals surface area contributed by atoms with Crippen LogP contribution in [0, 0.1) is 6.92 Å². The normalized spacial score (nSPS) is 16.6. The predicted octanol–water partition coefficient (Wildman–Crippen LogP) is 4.57. The lowest BCUT2D eigenvalue weighted by atomic mass is 9.94. The zero-order chi connectivity index (χ0) is 26.6. The maximum absolute atomic E-state index is 13.9. The number of benzene rings is 3. The first kappa shape index (κ1) is 25.4. The van der Waals surface area contributed by atoms with E-state index in [-0.39, 0.29) is 12.1 Å². The van der Waals surface area contributed by atoms with Crippen LogP contribution in [0.15, 0.2) is 107 Å². The molecule has 1 N–H and O–H groups in total. The van der Waals surface area contributed by atoms with Gasteiger partial charge in [-0.1, -0.05) is 70.2 Å². The molecule has 1 amide bonds. The molecule has 1 atom stereocenters. The van der Waals surface area contributed by atoms with Gasteiger partial charge in [-0.2, -0.15) is 0 Å². The zero-order valence-electron chi connectivity index (χ0n) is 20.7. The third kappa shape index (κ3) is 5.24. The largest absolute Gasteiger partial charge is 0.872 e. The number of amides is 1. The van der Waals surface area contributed by atoms with E-state index in [0.717, 1.165) is 15.6 Å². The lowest BCUT2D eigenvalue weighted by molar-refractivity contribution is -0.378. The van der Waals surface area contributed by atoms with Crippen molar-refractivity contribution in [3.8, 4) is 5.75 Å². The van der Waals surface area contributed by atoms with Crippen molar-refractivity contribution in [2.24, 2.45) is 0 Å². The monoisotopic (exact) mass is 568 g/mol. The zero-order valence-corrected chi connectivity index (χ0v) is 22.3. The number of nitrogens with zero attached hydrogens (tertiary/aromatic N) is 1. The smallest absolute Gasteiger partial charge is 0.295 e. The van der Waals surface area contributed by atoms with Crippen LogP contribution in [0.2, 0.25) is 0 Å². The van der Waals surface area contributed by atoms with E-state index in [1.165, 1.54) is 4.90 Å². The van der Waals surface area contributed by atoms with E-state index in [9.17, 15) is 14.7 Å². The highest BCUT2D eigenvalue weighted by Gasteiger charge is 2.44. The summed E-state index contributed by atoms with van der Waals surface area (Å²) in [6.07, 6.45) is 3.54. The summed E-state index contributed by atoms with van der Waals surface area (Å²) >= 11 is 3.43. The molecule has 0 radical (unpaired) electrons. The molecule has 190 valence electrons. The van der Waals surface area contributed by atoms with Crippen molar-refractivity contribution >= 4 is 33.4 Å². The van der Waals surface area contributed by atoms with Gasteiger partial charge in [0.2, 0.25) is 5.78 Å². The Hall–Kier alpha value is -4.23. The molecule has 1 unspecified atom stereocenters. The van der Waals surface area contributed by atoms with Crippen molar-refractivity contribution in [2.75, 3.05) is 0 Å². The molecule has 1 saturated heterocycles. The van der Waals surface area contributed by atoms with Crippen LogP contribution in [0.25, 0.3) is 5.76 Å². The van der Waals surface area contributed by atoms with Crippen LogP contribution in [0.4, 0.5) is 0 Å². The summed E-state index contributed by atoms with van der Waals surface area (Å²) in [6.45, 7) is 2.39. The van der Waals surface area contributed by atoms with E-state index in [4.69, 9.17) is 4.74 Å². The summed E-state index contributed by atoms with van der Waals surface area (Å²) in [7, 11) is 0. The fourth-order valence-corrected chi connectivity index (χ4v) is 4.88. The summed E-state index contributed by atoms with van der Waals surface area (Å²) in [5.74, 6) is -1.30. The molecule has 1 aliphatic heterocycles. The second kappa shape index (κ2) is 11.0. The first-order chi connectivity index (χ1) is 18.4. The third-order valence-corrected chi connectivity index (χ3v) is 7.06. The third-order valence-electron chi connectivity index (χ3n) is 6.53. The summed E-state index contributed by atoms with van der Waals surface area (Å²) in [6, 6.07) is 25.2. The second-order valence-electron chi connectivity index (χ2n) is 9.12. The number of pyridine rings is 1. The van der Waals surface area contributed by atoms with Crippen LogP contribution in [-0.2, 0) is 22.7 Å². The first-order valence-corrected chi connectivity index (χ1v) is 13.0. The molecule has 0 aliphatic carbocycles. The number of aromatic nitrogens is 1. The maximum Gasteiger partial charge on any atom is 0.295 e. The molecule has 4 aromatic rings. The van der Waals surface area contributed by atoms with Crippen LogP contribution < -0.4 is 14.8 Å². The van der Waals surface area contributed by atoms with E-state index >= 15 is 0 Å². The standard InChI is InChI=1S/C31H25BrN2O4/c1-20-16-25(38-19-21-6-3-2-4-7-21)13-14-26(20)29(35)27-28(23-9-11-24(32)12-10-23)34(31(37)30(27)36)18-22-8-5-15-33-17-22/h2-17,28,35H,18-19H2,1H3. The number of Topliss-reactive ketones (excluding diaryl/α,β-unsaturated/α-hetero) is 1. The number of rotatable bonds is 7. The van der Waals surface area contributed by atoms with Gasteiger partial charge < -0.3 is 14.7 Å². The van der Waals surface area contributed by atoms with Gasteiger partial charge >= 0.3 is 0 Å². The van der Waals surface area contributed by atoms with Crippen LogP contribution in [0.5, 0.6) is 5.75 Å². The van der Waals surface area contributed by atoms with Gasteiger partial charge in [0, 0.05) is 21.7 Å². The van der Waals surface area contributed by atoms with Crippen LogP contribution in [0.3, 0.4) is 0 Å². The molecule has 3 aromatic carbocycles. The molecule has 0 bridgehead atoms. The quantitative estimate of drug-likeness (QED) is 0.186. The van der Waals surface area contributed by atoms with Gasteiger partial charge in [-0.15, -0.1) is 0 Å². The number of likely N-dealkylation sites (tertiary alicyclic amines) is 1. The Kier molecular flexibility index (Phi) is 7.38. The molecule has 5 rings (SSSR count). The highest BCUT2D eigenvalue weighted by molar-refractivity contribution is 9.10. The van der Waals surface area contributed by atoms with E-state index in [0.29, 0.717) is 29.0 Å². The number of hydrogen-bond acceptors (Lipinski definition) is 4. The fraction of sp³-hybridized carbons (Fsp3) is 0.129. The van der Waals surface area contributed by atoms with Crippen molar-refractivity contribution in [3.63, 3.8) is 0 Å². The average molecular weight is 569 g/mol. The average Bonchev–Trinajstić information content (AvgIpc) is 3.18. The Labute approximate surface area is 229 Å². The molecular weight excluding hydrogens is 544 g/mol. The van der Waals surface area contributed by atoms with E-state index in [1.807, 2.05) is 66.7 Å². The van der Waals surface area contributed by atoms with Crippen molar-refractivity contribution in [1.29, 1.82) is 0 Å². The van der Waals surface area contributed by atoms with Gasteiger partial charge in [0.1, 0.15) is 12.4 Å². The van der Waals surface area contributed by atoms with Gasteiger partial charge in [0.05, 0.1) is 12.6 Å². The molecule has 1 aromatic heterocycles. The van der Waals surface area contributed by atoms with Crippen molar-refractivity contribution in [2.45, 2.75) is 26.1 Å². The van der Waals surface area contributed by atoms with Gasteiger partial charge in [0.25, 0.3) is 5.91 Å². The molecule has 38 heavy (non-hydrogen) atoms. The number of carbonyl (C=O) groups is 2. The highest BCUT2D eigenvalue weighted by Crippen LogP contribution is 2.40. The van der Waals surface area contributed by atoms with Gasteiger partial charge in [0.15, 0.2) is 12.4 Å². The first-order valence-electron chi connectivity index (χ1n) is 12.2. The molecule has 2 heterocycles. The number of H-pyrrole nitrogens is 1. The molecule has 0 spiro atoms. The summed E-state index contributed by atoms with van der Waals surface area (Å²) < 4.78 is 6.76. The second-order valence-corrected chi connectivity index (χ2v) is 10.0. The Balaban J connectivity index is 1.52. The number of hydrogen-bond donors (Lipinski definition) is 0. The number of halogens is 1. The predicted molar refractivity (Wildman–Crippen MR) is 144 cm³/mol. The maximum atomic E-state index is 13.9. The molecule has 1 aliphatic rings. The number of ketones is 1. The summed E-state index contributed by atoms with van der Waals surface area (Å²) in [5, 5.41) is 13.9. The van der Waals surface area contributed by atoms with Gasteiger partial charge in [-0.25, -0.2) is 4.98 Å². The van der Waals surface area contributed by atoms with Gasteiger partial charge in [-0.3, -0.25) is 9.59 Å². The number of aryl methyl sites for hydroxylation is 1. The number of ether oxygens (including phenoxy) is 1. The van der Waals surface area contributed by atoms with E-state index < -0.39 is 23.5 Å². The van der Waals surface area contributed by atoms with Crippen molar-refractivity contribution in [3.05, 3.63) is 135 Å². The fourth-order valence-electron chi connectivity index (χ4n) is 4.62. The molecular formula is C31H25BrN2O4. The minimum Gasteiger partial charge on any atom is -0.872 e. The van der Waals surface area contributed by atoms with E-state index in [1.54, 1.807) is 37.5 Å². The van der Waals surface area contributed by atoms with Gasteiger partial charge in [-0.05, 0) is 59.5 Å². The minimum atomic E-state index is -0.802. The van der Waals surface area contributed by atoms with Crippen LogP contribution in [-0.4, -0.2) is 16.6 Å². The number of aromatic amines is 1. The molecule has 7 heteroatoms. The Bertz CT molecular complexity index is 1500. The lowest BCUT2D eigenvalue weighted by Gasteiger charge is -2.28. The van der Waals surface area contributed by atoms with Crippen LogP contribution >= 0.6 is 15.9 Å². The molecule has 6 nitrogen and oxygen atoms in total. The Morgan fingerprint density at radius 2 is 1.71 bits per heavy atom. The number of carbonyl (C=O) groups excluding carboxylic acids is 2. The summed E-state index contributed by atoms with van der Waals surface area (Å²) in [4.78, 5) is 31.0. The highest BCUT2D eigenvalue weighted by atomic mass is 79.9. The minimum absolute atomic E-state index is 0.0433. The molecule has 1 fully saturated rings. The topological polar surface area (TPSA) is 83.8 Å². The SMILES string of the molecule is Cc1cc(OCc2ccccc2)ccc1C([O-])=C1C(=O)C(=O)N(Cc2ccc[nH+]c2)C1c1ccc(Br)cc1. The molecule has 0 saturated carbocycles.